The molecule has 0 aromatic carbocycles. The Morgan fingerprint density at radius 2 is 1.50 bits per heavy atom. The van der Waals surface area contributed by atoms with Crippen molar-refractivity contribution in [2.75, 3.05) is 6.54 Å². The predicted molar refractivity (Wildman–Crippen MR) is 78.6 cm³/mol. The van der Waals surface area contributed by atoms with Crippen molar-refractivity contribution in [3.05, 3.63) is 0 Å². The number of amides is 1. The predicted octanol–water partition coefficient (Wildman–Crippen LogP) is 2.95. The zero-order valence-electron chi connectivity index (χ0n) is 13.5. The topological polar surface area (TPSA) is 41.1 Å². The fraction of sp³-hybridized carbons (Fsp3) is 0.933. The van der Waals surface area contributed by atoms with Gasteiger partial charge in [0.2, 0.25) is 5.91 Å². The monoisotopic (exact) mass is 256 g/mol. The number of hydrogen-bond donors (Lipinski definition) is 2. The van der Waals surface area contributed by atoms with E-state index in [0.29, 0.717) is 6.04 Å². The van der Waals surface area contributed by atoms with Crippen LogP contribution in [-0.4, -0.2) is 24.5 Å². The van der Waals surface area contributed by atoms with Gasteiger partial charge in [-0.15, -0.1) is 0 Å². The highest BCUT2D eigenvalue weighted by Gasteiger charge is 2.34. The van der Waals surface area contributed by atoms with Gasteiger partial charge in [-0.3, -0.25) is 4.79 Å². The third-order valence-electron chi connectivity index (χ3n) is 2.94. The minimum absolute atomic E-state index is 0.113. The molecule has 0 aliphatic carbocycles. The Morgan fingerprint density at radius 3 is 1.89 bits per heavy atom. The van der Waals surface area contributed by atoms with Crippen LogP contribution < -0.4 is 10.6 Å². The van der Waals surface area contributed by atoms with Crippen molar-refractivity contribution in [1.82, 2.24) is 10.6 Å². The van der Waals surface area contributed by atoms with Crippen molar-refractivity contribution in [2.45, 2.75) is 73.9 Å². The van der Waals surface area contributed by atoms with Crippen molar-refractivity contribution in [3.63, 3.8) is 0 Å². The summed E-state index contributed by atoms with van der Waals surface area (Å²) >= 11 is 0. The number of carbonyl (C=O) groups excluding carboxylic acids is 1. The zero-order chi connectivity index (χ0) is 14.6. The van der Waals surface area contributed by atoms with Crippen LogP contribution in [0.25, 0.3) is 0 Å². The molecule has 0 unspecified atom stereocenters. The van der Waals surface area contributed by atoms with Crippen LogP contribution in [0.5, 0.6) is 0 Å². The molecular formula is C15H32N2O. The normalized spacial score (nSPS) is 13.2. The van der Waals surface area contributed by atoms with E-state index in [2.05, 4.69) is 38.3 Å². The lowest BCUT2D eigenvalue weighted by Gasteiger charge is -2.35. The lowest BCUT2D eigenvalue weighted by molar-refractivity contribution is -0.131. The SMILES string of the molecule is CC(C)NCC(C)(C)CC(C)(C)C(=O)NC(C)C. The molecule has 0 aliphatic rings. The molecule has 3 nitrogen and oxygen atoms in total. The lowest BCUT2D eigenvalue weighted by atomic mass is 9.74. The maximum atomic E-state index is 12.2. The summed E-state index contributed by atoms with van der Waals surface area (Å²) in [5, 5.41) is 6.47. The molecule has 18 heavy (non-hydrogen) atoms. The molecule has 0 bridgehead atoms. The van der Waals surface area contributed by atoms with Crippen molar-refractivity contribution in [3.8, 4) is 0 Å². The fourth-order valence-electron chi connectivity index (χ4n) is 2.28. The minimum atomic E-state index is -0.327. The van der Waals surface area contributed by atoms with Gasteiger partial charge in [0.15, 0.2) is 0 Å². The average Bonchev–Trinajstić information content (AvgIpc) is 2.12. The maximum Gasteiger partial charge on any atom is 0.225 e. The second-order valence-electron chi connectivity index (χ2n) is 7.39. The van der Waals surface area contributed by atoms with Crippen LogP contribution in [0.1, 0.15) is 61.8 Å². The van der Waals surface area contributed by atoms with Gasteiger partial charge in [0.05, 0.1) is 0 Å². The van der Waals surface area contributed by atoms with Gasteiger partial charge in [-0.2, -0.15) is 0 Å². The van der Waals surface area contributed by atoms with E-state index in [4.69, 9.17) is 0 Å². The number of hydrogen-bond acceptors (Lipinski definition) is 2. The van der Waals surface area contributed by atoms with Gasteiger partial charge in [-0.05, 0) is 25.7 Å². The first kappa shape index (κ1) is 17.4. The Labute approximate surface area is 113 Å². The summed E-state index contributed by atoms with van der Waals surface area (Å²) in [5.41, 5.74) is -0.214. The molecule has 3 heteroatoms. The van der Waals surface area contributed by atoms with Gasteiger partial charge in [0, 0.05) is 24.0 Å². The van der Waals surface area contributed by atoms with E-state index in [-0.39, 0.29) is 22.8 Å². The van der Waals surface area contributed by atoms with E-state index in [1.807, 2.05) is 27.7 Å². The molecule has 0 aromatic heterocycles. The van der Waals surface area contributed by atoms with Crippen LogP contribution in [0.3, 0.4) is 0 Å². The van der Waals surface area contributed by atoms with E-state index in [9.17, 15) is 4.79 Å². The van der Waals surface area contributed by atoms with Gasteiger partial charge < -0.3 is 10.6 Å². The van der Waals surface area contributed by atoms with Gasteiger partial charge >= 0.3 is 0 Å². The van der Waals surface area contributed by atoms with Gasteiger partial charge in [0.25, 0.3) is 0 Å². The standard InChI is InChI=1S/C15H32N2O/c1-11(2)16-10-14(5,6)9-15(7,8)13(18)17-12(3)4/h11-12,16H,9-10H2,1-8H3,(H,17,18). The Bertz CT molecular complexity index is 268. The largest absolute Gasteiger partial charge is 0.353 e. The molecule has 0 radical (unpaired) electrons. The quantitative estimate of drug-likeness (QED) is 0.735. The van der Waals surface area contributed by atoms with E-state index in [1.54, 1.807) is 0 Å². The molecule has 0 fully saturated rings. The summed E-state index contributed by atoms with van der Waals surface area (Å²) in [6.45, 7) is 17.7. The molecule has 0 spiro atoms. The Kier molecular flexibility index (Phi) is 6.35. The summed E-state index contributed by atoms with van der Waals surface area (Å²) in [6.07, 6.45) is 0.873. The van der Waals surface area contributed by atoms with Crippen LogP contribution in [-0.2, 0) is 4.79 Å². The van der Waals surface area contributed by atoms with Crippen LogP contribution in [0.2, 0.25) is 0 Å². The minimum Gasteiger partial charge on any atom is -0.353 e. The van der Waals surface area contributed by atoms with Gasteiger partial charge in [-0.25, -0.2) is 0 Å². The molecule has 0 rings (SSSR count). The van der Waals surface area contributed by atoms with E-state index in [0.717, 1.165) is 13.0 Å². The molecule has 0 saturated carbocycles. The van der Waals surface area contributed by atoms with Crippen molar-refractivity contribution >= 4 is 5.91 Å². The summed E-state index contributed by atoms with van der Waals surface area (Å²) in [6, 6.07) is 0.686. The zero-order valence-corrected chi connectivity index (χ0v) is 13.5. The van der Waals surface area contributed by atoms with E-state index < -0.39 is 0 Å². The molecular weight excluding hydrogens is 224 g/mol. The number of carbonyl (C=O) groups is 1. The smallest absolute Gasteiger partial charge is 0.225 e. The molecule has 0 heterocycles. The van der Waals surface area contributed by atoms with Crippen molar-refractivity contribution in [2.24, 2.45) is 10.8 Å². The molecule has 0 atom stereocenters. The van der Waals surface area contributed by atoms with E-state index >= 15 is 0 Å². The third-order valence-corrected chi connectivity index (χ3v) is 2.94. The van der Waals surface area contributed by atoms with Crippen LogP contribution in [0.15, 0.2) is 0 Å². The van der Waals surface area contributed by atoms with Crippen molar-refractivity contribution in [1.29, 1.82) is 0 Å². The number of rotatable bonds is 7. The van der Waals surface area contributed by atoms with Crippen LogP contribution in [0.4, 0.5) is 0 Å². The molecule has 1 amide bonds. The highest BCUT2D eigenvalue weighted by Crippen LogP contribution is 2.33. The van der Waals surface area contributed by atoms with E-state index in [1.165, 1.54) is 0 Å². The Morgan fingerprint density at radius 1 is 1.00 bits per heavy atom. The summed E-state index contributed by atoms with van der Waals surface area (Å²) in [4.78, 5) is 12.2. The fourth-order valence-corrected chi connectivity index (χ4v) is 2.28. The first-order valence-electron chi connectivity index (χ1n) is 7.01. The van der Waals surface area contributed by atoms with Crippen molar-refractivity contribution < 1.29 is 4.79 Å². The average molecular weight is 256 g/mol. The first-order valence-corrected chi connectivity index (χ1v) is 7.01. The second-order valence-corrected chi connectivity index (χ2v) is 7.39. The Balaban J connectivity index is 4.49. The number of nitrogens with one attached hydrogen (secondary N) is 2. The summed E-state index contributed by atoms with van der Waals surface area (Å²) in [5.74, 6) is 0.148. The Hall–Kier alpha value is -0.570. The molecule has 0 aromatic rings. The van der Waals surface area contributed by atoms with Crippen LogP contribution >= 0.6 is 0 Å². The third kappa shape index (κ3) is 7.00. The first-order chi connectivity index (χ1) is 7.96. The van der Waals surface area contributed by atoms with Gasteiger partial charge in [-0.1, -0.05) is 41.5 Å². The second kappa shape index (κ2) is 6.55. The lowest BCUT2D eigenvalue weighted by Crippen LogP contribution is -2.44. The molecule has 0 aliphatic heterocycles. The summed E-state index contributed by atoms with van der Waals surface area (Å²) < 4.78 is 0. The summed E-state index contributed by atoms with van der Waals surface area (Å²) in [7, 11) is 0. The highest BCUT2D eigenvalue weighted by atomic mass is 16.2. The maximum absolute atomic E-state index is 12.2. The molecule has 108 valence electrons. The van der Waals surface area contributed by atoms with Crippen LogP contribution in [0, 0.1) is 10.8 Å². The molecule has 0 saturated heterocycles. The highest BCUT2D eigenvalue weighted by molar-refractivity contribution is 5.82. The molecule has 2 N–H and O–H groups in total. The van der Waals surface area contributed by atoms with Gasteiger partial charge in [0.1, 0.15) is 0 Å².